The molecule has 0 fully saturated rings. The Morgan fingerprint density at radius 3 is 3.07 bits per heavy atom. The molecule has 0 radical (unpaired) electrons. The monoisotopic (exact) mass is 382 g/mol. The van der Waals surface area contributed by atoms with E-state index in [0.29, 0.717) is 34.6 Å². The van der Waals surface area contributed by atoms with Crippen molar-refractivity contribution in [2.75, 3.05) is 13.7 Å². The Morgan fingerprint density at radius 2 is 2.30 bits per heavy atom. The highest BCUT2D eigenvalue weighted by Crippen LogP contribution is 2.34. The lowest BCUT2D eigenvalue weighted by atomic mass is 10.1. The molecule has 27 heavy (non-hydrogen) atoms. The molecule has 2 aromatic heterocycles. The van der Waals surface area contributed by atoms with Crippen LogP contribution in [0.2, 0.25) is 5.02 Å². The third-order valence-corrected chi connectivity index (χ3v) is 4.54. The molecule has 3 aromatic rings. The second-order valence-electron chi connectivity index (χ2n) is 5.92. The van der Waals surface area contributed by atoms with Crippen LogP contribution in [0.4, 0.5) is 0 Å². The number of nitrogens with zero attached hydrogens (tertiary/aromatic N) is 5. The molecule has 0 unspecified atom stereocenters. The molecular weight excluding hydrogens is 368 g/mol. The van der Waals surface area contributed by atoms with Crippen LogP contribution in [0.3, 0.4) is 0 Å². The fraction of sp³-hybridized carbons (Fsp3) is 0.222. The summed E-state index contributed by atoms with van der Waals surface area (Å²) in [5.74, 6) is 3.35. The summed E-state index contributed by atoms with van der Waals surface area (Å²) >= 11 is 6.21. The lowest BCUT2D eigenvalue weighted by molar-refractivity contribution is 0.0953. The van der Waals surface area contributed by atoms with Crippen LogP contribution >= 0.6 is 11.6 Å². The van der Waals surface area contributed by atoms with Gasteiger partial charge in [0.05, 0.1) is 24.5 Å². The average Bonchev–Trinajstić information content (AvgIpc) is 3.22. The summed E-state index contributed by atoms with van der Waals surface area (Å²) < 4.78 is 8.99. The third-order valence-electron chi connectivity index (χ3n) is 4.30. The van der Waals surface area contributed by atoms with Gasteiger partial charge < -0.3 is 14.6 Å². The number of rotatable bonds is 4. The van der Waals surface area contributed by atoms with Gasteiger partial charge in [0.1, 0.15) is 12.9 Å². The zero-order chi connectivity index (χ0) is 19.0. The predicted molar refractivity (Wildman–Crippen MR) is 98.6 cm³/mol. The average molecular weight is 383 g/mol. The number of carbonyl (C=O) groups excluding carboxylic acids is 1. The molecule has 1 N–H and O–H groups in total. The van der Waals surface area contributed by atoms with Crippen molar-refractivity contribution in [3.63, 3.8) is 0 Å². The number of methoxy groups -OCH3 is 1. The van der Waals surface area contributed by atoms with Crippen molar-refractivity contribution in [2.24, 2.45) is 0 Å². The van der Waals surface area contributed by atoms with E-state index in [4.69, 9.17) is 22.8 Å². The number of imidazole rings is 1. The van der Waals surface area contributed by atoms with Crippen LogP contribution in [-0.2, 0) is 17.9 Å². The number of hydrogen-bond donors (Lipinski definition) is 1. The number of benzene rings is 1. The van der Waals surface area contributed by atoms with Gasteiger partial charge >= 0.3 is 0 Å². The molecule has 0 bridgehead atoms. The van der Waals surface area contributed by atoms with Gasteiger partial charge in [-0.25, -0.2) is 4.98 Å². The SMILES string of the molecule is C#CCNC(=O)c1ncn2c1Cn1c(COC)nnc1-c1cc(Cl)ccc1-2. The molecule has 1 amide bonds. The Balaban J connectivity index is 1.93. The number of aromatic nitrogens is 5. The van der Waals surface area contributed by atoms with Crippen LogP contribution in [0.5, 0.6) is 0 Å². The zero-order valence-electron chi connectivity index (χ0n) is 14.4. The normalized spacial score (nSPS) is 11.7. The van der Waals surface area contributed by atoms with Crippen molar-refractivity contribution in [3.05, 3.63) is 46.8 Å². The first kappa shape index (κ1) is 17.3. The molecule has 0 saturated carbocycles. The lowest BCUT2D eigenvalue weighted by Crippen LogP contribution is -2.25. The minimum atomic E-state index is -0.331. The summed E-state index contributed by atoms with van der Waals surface area (Å²) in [5.41, 5.74) is 2.61. The Bertz CT molecular complexity index is 1080. The van der Waals surface area contributed by atoms with Crippen LogP contribution in [-0.4, -0.2) is 43.9 Å². The quantitative estimate of drug-likeness (QED) is 0.542. The van der Waals surface area contributed by atoms with Gasteiger partial charge in [-0.2, -0.15) is 0 Å². The van der Waals surface area contributed by atoms with Crippen LogP contribution < -0.4 is 5.32 Å². The predicted octanol–water partition coefficient (Wildman–Crippen LogP) is 1.66. The second-order valence-corrected chi connectivity index (χ2v) is 6.35. The molecule has 0 aliphatic carbocycles. The Kier molecular flexibility index (Phi) is 4.39. The van der Waals surface area contributed by atoms with Gasteiger partial charge in [0.2, 0.25) is 0 Å². The fourth-order valence-electron chi connectivity index (χ4n) is 3.12. The number of halogens is 1. The maximum atomic E-state index is 12.5. The van der Waals surface area contributed by atoms with Crippen molar-refractivity contribution >= 4 is 17.5 Å². The Hall–Kier alpha value is -3.15. The molecule has 0 atom stereocenters. The molecule has 9 heteroatoms. The van der Waals surface area contributed by atoms with Crippen LogP contribution in [0, 0.1) is 12.3 Å². The Labute approximate surface area is 160 Å². The van der Waals surface area contributed by atoms with Gasteiger partial charge in [0.25, 0.3) is 5.91 Å². The number of nitrogens with one attached hydrogen (secondary N) is 1. The van der Waals surface area contributed by atoms with E-state index >= 15 is 0 Å². The molecule has 1 aliphatic heterocycles. The number of terminal acetylenes is 1. The summed E-state index contributed by atoms with van der Waals surface area (Å²) in [6.45, 7) is 0.770. The number of hydrogen-bond acceptors (Lipinski definition) is 5. The van der Waals surface area contributed by atoms with Gasteiger partial charge in [-0.1, -0.05) is 17.5 Å². The summed E-state index contributed by atoms with van der Waals surface area (Å²) in [7, 11) is 1.59. The summed E-state index contributed by atoms with van der Waals surface area (Å²) in [6.07, 6.45) is 6.85. The van der Waals surface area contributed by atoms with E-state index in [2.05, 4.69) is 26.4 Å². The molecular formula is C18H15ClN6O2. The van der Waals surface area contributed by atoms with Gasteiger partial charge in [0.15, 0.2) is 17.3 Å². The lowest BCUT2D eigenvalue weighted by Gasteiger charge is -2.09. The van der Waals surface area contributed by atoms with Crippen molar-refractivity contribution in [3.8, 4) is 29.4 Å². The third kappa shape index (κ3) is 2.87. The molecule has 1 aliphatic rings. The van der Waals surface area contributed by atoms with Crippen molar-refractivity contribution < 1.29 is 9.53 Å². The summed E-state index contributed by atoms with van der Waals surface area (Å²) in [5, 5.41) is 11.8. The number of fused-ring (bicyclic) bond motifs is 5. The number of ether oxygens (including phenoxy) is 1. The van der Waals surface area contributed by atoms with E-state index in [1.165, 1.54) is 0 Å². The van der Waals surface area contributed by atoms with Gasteiger partial charge in [-0.05, 0) is 18.2 Å². The second kappa shape index (κ2) is 6.87. The van der Waals surface area contributed by atoms with Crippen molar-refractivity contribution in [1.82, 2.24) is 29.6 Å². The van der Waals surface area contributed by atoms with E-state index in [0.717, 1.165) is 11.3 Å². The highest BCUT2D eigenvalue weighted by molar-refractivity contribution is 6.31. The molecule has 1 aromatic carbocycles. The largest absolute Gasteiger partial charge is 0.377 e. The van der Waals surface area contributed by atoms with Gasteiger partial charge in [0, 0.05) is 17.7 Å². The summed E-state index contributed by atoms with van der Waals surface area (Å²) in [4.78, 5) is 16.8. The van der Waals surface area contributed by atoms with Gasteiger partial charge in [-0.3, -0.25) is 9.36 Å². The highest BCUT2D eigenvalue weighted by Gasteiger charge is 2.27. The molecule has 136 valence electrons. The standard InChI is InChI=1S/C18H15ClN6O2/c1-3-6-20-18(26)16-14-8-24-15(9-27-2)22-23-17(24)12-7-11(19)4-5-13(12)25(14)10-21-16/h1,4-5,7,10H,6,8-9H2,2H3,(H,20,26). The zero-order valence-corrected chi connectivity index (χ0v) is 15.2. The Morgan fingerprint density at radius 1 is 1.44 bits per heavy atom. The summed E-state index contributed by atoms with van der Waals surface area (Å²) in [6, 6.07) is 5.47. The number of amides is 1. The highest BCUT2D eigenvalue weighted by atomic mass is 35.5. The first-order valence-corrected chi connectivity index (χ1v) is 8.51. The van der Waals surface area contributed by atoms with E-state index in [1.54, 1.807) is 19.5 Å². The minimum Gasteiger partial charge on any atom is -0.377 e. The van der Waals surface area contributed by atoms with E-state index in [9.17, 15) is 4.79 Å². The van der Waals surface area contributed by atoms with Crippen LogP contribution in [0.1, 0.15) is 22.0 Å². The van der Waals surface area contributed by atoms with E-state index < -0.39 is 0 Å². The van der Waals surface area contributed by atoms with E-state index in [1.807, 2.05) is 21.3 Å². The maximum absolute atomic E-state index is 12.5. The maximum Gasteiger partial charge on any atom is 0.272 e. The van der Waals surface area contributed by atoms with Crippen LogP contribution in [0.15, 0.2) is 24.5 Å². The van der Waals surface area contributed by atoms with E-state index in [-0.39, 0.29) is 19.1 Å². The topological polar surface area (TPSA) is 86.9 Å². The van der Waals surface area contributed by atoms with Crippen molar-refractivity contribution in [1.29, 1.82) is 0 Å². The molecule has 0 saturated heterocycles. The molecule has 4 rings (SSSR count). The molecule has 3 heterocycles. The van der Waals surface area contributed by atoms with Gasteiger partial charge in [-0.15, -0.1) is 16.6 Å². The van der Waals surface area contributed by atoms with Crippen LogP contribution in [0.25, 0.3) is 17.1 Å². The number of carbonyl (C=O) groups is 1. The smallest absolute Gasteiger partial charge is 0.272 e. The minimum absolute atomic E-state index is 0.129. The first-order chi connectivity index (χ1) is 13.1. The molecule has 0 spiro atoms. The first-order valence-electron chi connectivity index (χ1n) is 8.13. The fourth-order valence-corrected chi connectivity index (χ4v) is 3.29. The molecule has 8 nitrogen and oxygen atoms in total. The van der Waals surface area contributed by atoms with Crippen molar-refractivity contribution in [2.45, 2.75) is 13.2 Å².